The van der Waals surface area contributed by atoms with Crippen molar-refractivity contribution < 1.29 is 9.59 Å². The summed E-state index contributed by atoms with van der Waals surface area (Å²) in [7, 11) is 1.38. The molecule has 2 rings (SSSR count). The number of nitrogens with zero attached hydrogens (tertiary/aromatic N) is 3. The Kier molecular flexibility index (Phi) is 3.74. The summed E-state index contributed by atoms with van der Waals surface area (Å²) in [6.07, 6.45) is 0. The van der Waals surface area contributed by atoms with E-state index in [-0.39, 0.29) is 0 Å². The highest BCUT2D eigenvalue weighted by Gasteiger charge is 2.20. The average molecular weight is 275 g/mol. The maximum atomic E-state index is 12.2. The van der Waals surface area contributed by atoms with Crippen molar-refractivity contribution >= 4 is 22.8 Å². The SMILES string of the molecule is CNC(=O)NC(=O)C(C)n1nnc2ccccc2c1=O. The minimum atomic E-state index is -0.947. The second-order valence-electron chi connectivity index (χ2n) is 4.10. The van der Waals surface area contributed by atoms with Crippen LogP contribution in [0.25, 0.3) is 10.9 Å². The summed E-state index contributed by atoms with van der Waals surface area (Å²) in [5, 5.41) is 12.3. The predicted molar refractivity (Wildman–Crippen MR) is 71.1 cm³/mol. The smallest absolute Gasteiger partial charge is 0.321 e. The van der Waals surface area contributed by atoms with E-state index < -0.39 is 23.5 Å². The summed E-state index contributed by atoms with van der Waals surface area (Å²) in [5.41, 5.74) is 0.0165. The van der Waals surface area contributed by atoms with Gasteiger partial charge in [0, 0.05) is 7.05 Å². The normalized spacial score (nSPS) is 11.9. The quantitative estimate of drug-likeness (QED) is 0.790. The third kappa shape index (κ3) is 2.48. The lowest BCUT2D eigenvalue weighted by molar-refractivity contribution is -0.123. The monoisotopic (exact) mass is 275 g/mol. The van der Waals surface area contributed by atoms with E-state index in [1.807, 2.05) is 0 Å². The molecule has 1 unspecified atom stereocenters. The largest absolute Gasteiger partial charge is 0.341 e. The Morgan fingerprint density at radius 3 is 2.70 bits per heavy atom. The number of amides is 3. The van der Waals surface area contributed by atoms with Crippen LogP contribution in [0.4, 0.5) is 4.79 Å². The number of fused-ring (bicyclic) bond motifs is 1. The van der Waals surface area contributed by atoms with Gasteiger partial charge in [-0.2, -0.15) is 4.68 Å². The van der Waals surface area contributed by atoms with Crippen LogP contribution in [0.15, 0.2) is 29.1 Å². The lowest BCUT2D eigenvalue weighted by atomic mass is 10.2. The van der Waals surface area contributed by atoms with Gasteiger partial charge in [0.15, 0.2) is 0 Å². The molecular weight excluding hydrogens is 262 g/mol. The van der Waals surface area contributed by atoms with E-state index in [9.17, 15) is 14.4 Å². The highest BCUT2D eigenvalue weighted by Crippen LogP contribution is 2.06. The van der Waals surface area contributed by atoms with Gasteiger partial charge in [0.2, 0.25) is 0 Å². The number of nitrogens with one attached hydrogen (secondary N) is 2. The molecule has 0 spiro atoms. The molecule has 1 aromatic carbocycles. The van der Waals surface area contributed by atoms with Gasteiger partial charge in [-0.15, -0.1) is 5.10 Å². The lowest BCUT2D eigenvalue weighted by Gasteiger charge is -2.12. The van der Waals surface area contributed by atoms with Gasteiger partial charge in [-0.1, -0.05) is 17.3 Å². The molecule has 0 saturated carbocycles. The number of hydrogen-bond acceptors (Lipinski definition) is 5. The van der Waals surface area contributed by atoms with E-state index in [0.717, 1.165) is 4.68 Å². The van der Waals surface area contributed by atoms with Crippen LogP contribution < -0.4 is 16.2 Å². The number of urea groups is 1. The van der Waals surface area contributed by atoms with E-state index in [4.69, 9.17) is 0 Å². The first-order valence-electron chi connectivity index (χ1n) is 5.91. The molecule has 0 fully saturated rings. The molecule has 1 atom stereocenters. The van der Waals surface area contributed by atoms with Crippen LogP contribution in [0.5, 0.6) is 0 Å². The van der Waals surface area contributed by atoms with Gasteiger partial charge in [0.05, 0.1) is 5.39 Å². The summed E-state index contributed by atoms with van der Waals surface area (Å²) in [6, 6.07) is 5.10. The van der Waals surface area contributed by atoms with Crippen molar-refractivity contribution in [2.24, 2.45) is 0 Å². The van der Waals surface area contributed by atoms with Crippen molar-refractivity contribution in [2.45, 2.75) is 13.0 Å². The third-order valence-electron chi connectivity index (χ3n) is 2.80. The van der Waals surface area contributed by atoms with Crippen molar-refractivity contribution in [3.8, 4) is 0 Å². The first-order chi connectivity index (χ1) is 9.54. The standard InChI is InChI=1S/C12H13N5O3/c1-7(10(18)14-12(20)13-2)17-11(19)8-5-3-4-6-9(8)15-16-17/h3-7H,1-2H3,(H2,13,14,18,20). The zero-order valence-electron chi connectivity index (χ0n) is 11.0. The number of rotatable bonds is 2. The highest BCUT2D eigenvalue weighted by atomic mass is 16.2. The maximum absolute atomic E-state index is 12.2. The number of hydrogen-bond donors (Lipinski definition) is 2. The van der Waals surface area contributed by atoms with Gasteiger partial charge in [-0.25, -0.2) is 4.79 Å². The molecule has 0 radical (unpaired) electrons. The van der Waals surface area contributed by atoms with Gasteiger partial charge in [0.1, 0.15) is 11.6 Å². The molecule has 0 aliphatic carbocycles. The Labute approximate surface area is 113 Å². The summed E-state index contributed by atoms with van der Waals surface area (Å²) < 4.78 is 0.945. The van der Waals surface area contributed by atoms with E-state index >= 15 is 0 Å². The van der Waals surface area contributed by atoms with Gasteiger partial charge < -0.3 is 5.32 Å². The second-order valence-corrected chi connectivity index (χ2v) is 4.10. The Hall–Kier alpha value is -2.77. The Bertz CT molecular complexity index is 724. The molecule has 8 nitrogen and oxygen atoms in total. The molecule has 8 heteroatoms. The van der Waals surface area contributed by atoms with Gasteiger partial charge >= 0.3 is 6.03 Å². The van der Waals surface area contributed by atoms with E-state index in [2.05, 4.69) is 20.9 Å². The van der Waals surface area contributed by atoms with Crippen LogP contribution in [0.1, 0.15) is 13.0 Å². The van der Waals surface area contributed by atoms with Crippen LogP contribution in [0.3, 0.4) is 0 Å². The van der Waals surface area contributed by atoms with Crippen LogP contribution in [0, 0.1) is 0 Å². The highest BCUT2D eigenvalue weighted by molar-refractivity contribution is 5.95. The molecule has 104 valence electrons. The van der Waals surface area contributed by atoms with Crippen molar-refractivity contribution in [2.75, 3.05) is 7.05 Å². The molecule has 2 N–H and O–H groups in total. The molecule has 1 aromatic heterocycles. The fourth-order valence-corrected chi connectivity index (χ4v) is 1.65. The first kappa shape index (κ1) is 13.7. The topological polar surface area (TPSA) is 106 Å². The molecule has 0 saturated heterocycles. The number of carbonyl (C=O) groups excluding carboxylic acids is 2. The number of benzene rings is 1. The van der Waals surface area contributed by atoms with Crippen molar-refractivity contribution in [1.29, 1.82) is 0 Å². The van der Waals surface area contributed by atoms with E-state index in [0.29, 0.717) is 10.9 Å². The number of aromatic nitrogens is 3. The predicted octanol–water partition coefficient (Wildman–Crippen LogP) is -0.192. The van der Waals surface area contributed by atoms with Crippen LogP contribution in [-0.4, -0.2) is 34.0 Å². The van der Waals surface area contributed by atoms with Crippen LogP contribution >= 0.6 is 0 Å². The summed E-state index contributed by atoms with van der Waals surface area (Å²) in [6.45, 7) is 1.46. The van der Waals surface area contributed by atoms with Crippen LogP contribution in [0.2, 0.25) is 0 Å². The van der Waals surface area contributed by atoms with Gasteiger partial charge in [-0.3, -0.25) is 14.9 Å². The second kappa shape index (κ2) is 5.47. The Balaban J connectivity index is 2.38. The Morgan fingerprint density at radius 2 is 2.00 bits per heavy atom. The molecule has 3 amide bonds. The third-order valence-corrected chi connectivity index (χ3v) is 2.80. The molecular formula is C12H13N5O3. The summed E-state index contributed by atoms with van der Waals surface area (Å²) >= 11 is 0. The van der Waals surface area contributed by atoms with Crippen molar-refractivity contribution in [1.82, 2.24) is 25.6 Å². The lowest BCUT2D eigenvalue weighted by Crippen LogP contribution is -2.43. The minimum absolute atomic E-state index is 0.363. The van der Waals surface area contributed by atoms with Gasteiger partial charge in [0.25, 0.3) is 11.5 Å². The fraction of sp³-hybridized carbons (Fsp3) is 0.250. The summed E-state index contributed by atoms with van der Waals surface area (Å²) in [5.74, 6) is -0.643. The molecule has 0 bridgehead atoms. The molecule has 0 aliphatic rings. The molecule has 20 heavy (non-hydrogen) atoms. The zero-order valence-corrected chi connectivity index (χ0v) is 11.0. The Morgan fingerprint density at radius 1 is 1.30 bits per heavy atom. The summed E-state index contributed by atoms with van der Waals surface area (Å²) in [4.78, 5) is 35.1. The van der Waals surface area contributed by atoms with E-state index in [1.54, 1.807) is 24.3 Å². The number of imide groups is 1. The number of carbonyl (C=O) groups is 2. The minimum Gasteiger partial charge on any atom is -0.341 e. The maximum Gasteiger partial charge on any atom is 0.321 e. The van der Waals surface area contributed by atoms with E-state index in [1.165, 1.54) is 14.0 Å². The molecule has 2 aromatic rings. The fourth-order valence-electron chi connectivity index (χ4n) is 1.65. The first-order valence-corrected chi connectivity index (χ1v) is 5.91. The molecule has 1 heterocycles. The molecule has 0 aliphatic heterocycles. The van der Waals surface area contributed by atoms with Crippen LogP contribution in [-0.2, 0) is 4.79 Å². The van der Waals surface area contributed by atoms with Gasteiger partial charge in [-0.05, 0) is 19.1 Å². The zero-order chi connectivity index (χ0) is 14.7. The van der Waals surface area contributed by atoms with Crippen molar-refractivity contribution in [3.05, 3.63) is 34.6 Å². The average Bonchev–Trinajstić information content (AvgIpc) is 2.47. The van der Waals surface area contributed by atoms with Crippen molar-refractivity contribution in [3.63, 3.8) is 0 Å².